The maximum absolute atomic E-state index is 11.4. The fourth-order valence-electron chi connectivity index (χ4n) is 1.62. The minimum atomic E-state index is -3.27. The molecule has 0 saturated carbocycles. The van der Waals surface area contributed by atoms with Gasteiger partial charge < -0.3 is 10.6 Å². The summed E-state index contributed by atoms with van der Waals surface area (Å²) < 4.78 is 22.8. The van der Waals surface area contributed by atoms with E-state index in [9.17, 15) is 18.0 Å². The lowest BCUT2D eigenvalue weighted by Crippen LogP contribution is -2.51. The first kappa shape index (κ1) is 14.5. The van der Waals surface area contributed by atoms with E-state index < -0.39 is 33.7 Å². The summed E-state index contributed by atoms with van der Waals surface area (Å²) in [6.07, 6.45) is 0. The molecule has 2 N–H and O–H groups in total. The number of hydrogen-bond donors (Lipinski definition) is 2. The van der Waals surface area contributed by atoms with Crippen molar-refractivity contribution in [2.24, 2.45) is 0 Å². The van der Waals surface area contributed by atoms with Crippen molar-refractivity contribution in [3.8, 4) is 0 Å². The third-order valence-electron chi connectivity index (χ3n) is 2.29. The Labute approximate surface area is 109 Å². The number of alkyl halides is 2. The van der Waals surface area contributed by atoms with Crippen molar-refractivity contribution in [3.05, 3.63) is 0 Å². The van der Waals surface area contributed by atoms with Crippen molar-refractivity contribution in [2.45, 2.75) is 12.1 Å². The van der Waals surface area contributed by atoms with Gasteiger partial charge >= 0.3 is 0 Å². The van der Waals surface area contributed by atoms with E-state index in [1.807, 2.05) is 0 Å². The second-order valence-corrected chi connectivity index (χ2v) is 6.38. The van der Waals surface area contributed by atoms with Gasteiger partial charge in [0, 0.05) is 0 Å². The molecule has 0 radical (unpaired) electrons. The Hall–Kier alpha value is -0.530. The first-order valence-corrected chi connectivity index (χ1v) is 7.68. The van der Waals surface area contributed by atoms with E-state index in [4.69, 9.17) is 23.2 Å². The summed E-state index contributed by atoms with van der Waals surface area (Å²) in [5.74, 6) is -1.87. The first-order valence-electron chi connectivity index (χ1n) is 4.79. The van der Waals surface area contributed by atoms with Gasteiger partial charge in [-0.15, -0.1) is 23.2 Å². The van der Waals surface area contributed by atoms with Gasteiger partial charge in [0.1, 0.15) is 11.8 Å². The van der Waals surface area contributed by atoms with Crippen molar-refractivity contribution >= 4 is 44.9 Å². The molecular weight excluding hydrogens is 291 g/mol. The summed E-state index contributed by atoms with van der Waals surface area (Å²) in [7, 11) is -3.27. The molecule has 0 aliphatic carbocycles. The molecule has 1 rings (SSSR count). The van der Waals surface area contributed by atoms with Crippen LogP contribution in [0.3, 0.4) is 0 Å². The van der Waals surface area contributed by atoms with Crippen LogP contribution < -0.4 is 10.6 Å². The topological polar surface area (TPSA) is 92.3 Å². The maximum atomic E-state index is 11.4. The van der Waals surface area contributed by atoms with Gasteiger partial charge in [0.25, 0.3) is 0 Å². The molecule has 98 valence electrons. The molecule has 6 nitrogen and oxygen atoms in total. The highest BCUT2D eigenvalue weighted by molar-refractivity contribution is 7.91. The van der Waals surface area contributed by atoms with Crippen molar-refractivity contribution in [3.63, 3.8) is 0 Å². The van der Waals surface area contributed by atoms with Crippen LogP contribution in [0.1, 0.15) is 0 Å². The predicted molar refractivity (Wildman–Crippen MR) is 64.0 cm³/mol. The zero-order valence-electron chi connectivity index (χ0n) is 8.78. The highest BCUT2D eigenvalue weighted by Gasteiger charge is 2.39. The summed E-state index contributed by atoms with van der Waals surface area (Å²) in [6, 6.07) is -1.31. The van der Waals surface area contributed by atoms with Crippen LogP contribution in [-0.2, 0) is 19.4 Å². The Morgan fingerprint density at radius 3 is 1.65 bits per heavy atom. The SMILES string of the molecule is O=C(CCl)N[C@@H]1CS(=O)(=O)C[C@H]1NC(=O)CCl. The first-order chi connectivity index (χ1) is 7.88. The van der Waals surface area contributed by atoms with Crippen molar-refractivity contribution < 1.29 is 18.0 Å². The summed E-state index contributed by atoms with van der Waals surface area (Å²) >= 11 is 10.6. The average Bonchev–Trinajstić information content (AvgIpc) is 2.52. The molecular formula is C8H12Cl2N2O4S. The van der Waals surface area contributed by atoms with Gasteiger partial charge in [-0.3, -0.25) is 9.59 Å². The molecule has 1 heterocycles. The molecule has 0 aromatic heterocycles. The third kappa shape index (κ3) is 4.33. The van der Waals surface area contributed by atoms with Gasteiger partial charge in [0.05, 0.1) is 23.6 Å². The van der Waals surface area contributed by atoms with Gasteiger partial charge in [-0.1, -0.05) is 0 Å². The van der Waals surface area contributed by atoms with Crippen molar-refractivity contribution in [2.75, 3.05) is 23.3 Å². The Bertz CT molecular complexity index is 380. The standard InChI is InChI=1S/C8H12Cl2N2O4S/c9-1-7(13)11-5-3-17(15,16)4-6(5)12-8(14)2-10/h5-6H,1-4H2,(H,11,13)(H,12,14)/t5-,6-/m1/s1. The zero-order chi connectivity index (χ0) is 13.1. The van der Waals surface area contributed by atoms with Crippen LogP contribution in [0.2, 0.25) is 0 Å². The molecule has 17 heavy (non-hydrogen) atoms. The largest absolute Gasteiger partial charge is 0.349 e. The molecule has 1 saturated heterocycles. The molecule has 2 atom stereocenters. The van der Waals surface area contributed by atoms with Gasteiger partial charge in [-0.25, -0.2) is 8.42 Å². The number of amides is 2. The summed E-state index contributed by atoms with van der Waals surface area (Å²) in [6.45, 7) is 0. The summed E-state index contributed by atoms with van der Waals surface area (Å²) in [5.41, 5.74) is 0. The molecule has 0 aromatic rings. The van der Waals surface area contributed by atoms with Crippen molar-refractivity contribution in [1.29, 1.82) is 0 Å². The molecule has 1 aliphatic rings. The fraction of sp³-hybridized carbons (Fsp3) is 0.750. The molecule has 1 fully saturated rings. The fourth-order valence-corrected chi connectivity index (χ4v) is 3.64. The van der Waals surface area contributed by atoms with Crippen LogP contribution in [0.5, 0.6) is 0 Å². The highest BCUT2D eigenvalue weighted by atomic mass is 35.5. The molecule has 0 spiro atoms. The van der Waals surface area contributed by atoms with E-state index in [1.165, 1.54) is 0 Å². The van der Waals surface area contributed by atoms with E-state index in [0.29, 0.717) is 0 Å². The van der Waals surface area contributed by atoms with E-state index in [0.717, 1.165) is 0 Å². The third-order valence-corrected chi connectivity index (χ3v) is 4.51. The van der Waals surface area contributed by atoms with Crippen LogP contribution >= 0.6 is 23.2 Å². The second kappa shape index (κ2) is 5.88. The number of rotatable bonds is 4. The predicted octanol–water partition coefficient (Wildman–Crippen LogP) is -1.14. The molecule has 9 heteroatoms. The zero-order valence-corrected chi connectivity index (χ0v) is 11.1. The van der Waals surface area contributed by atoms with Crippen molar-refractivity contribution in [1.82, 2.24) is 10.6 Å². The number of carbonyl (C=O) groups is 2. The van der Waals surface area contributed by atoms with Gasteiger partial charge in [-0.05, 0) is 0 Å². The second-order valence-electron chi connectivity index (χ2n) is 3.69. The minimum Gasteiger partial charge on any atom is -0.349 e. The van der Waals surface area contributed by atoms with Gasteiger partial charge in [0.2, 0.25) is 11.8 Å². The van der Waals surface area contributed by atoms with E-state index in [-0.39, 0.29) is 23.3 Å². The van der Waals surface area contributed by atoms with Crippen LogP contribution in [0.15, 0.2) is 0 Å². The van der Waals surface area contributed by atoms with E-state index in [1.54, 1.807) is 0 Å². The summed E-state index contributed by atoms with van der Waals surface area (Å²) in [4.78, 5) is 22.2. The summed E-state index contributed by atoms with van der Waals surface area (Å²) in [5, 5.41) is 4.91. The average molecular weight is 303 g/mol. The number of nitrogens with one attached hydrogen (secondary N) is 2. The lowest BCUT2D eigenvalue weighted by Gasteiger charge is -2.19. The van der Waals surface area contributed by atoms with Crippen LogP contribution in [0.4, 0.5) is 0 Å². The monoisotopic (exact) mass is 302 g/mol. The highest BCUT2D eigenvalue weighted by Crippen LogP contribution is 2.13. The Kier molecular flexibility index (Phi) is 5.03. The lowest BCUT2D eigenvalue weighted by atomic mass is 10.1. The Morgan fingerprint density at radius 1 is 1.00 bits per heavy atom. The maximum Gasteiger partial charge on any atom is 0.235 e. The van der Waals surface area contributed by atoms with Gasteiger partial charge in [0.15, 0.2) is 9.84 Å². The Balaban J connectivity index is 2.71. The smallest absolute Gasteiger partial charge is 0.235 e. The Morgan fingerprint density at radius 2 is 1.35 bits per heavy atom. The van der Waals surface area contributed by atoms with Crippen LogP contribution in [0, 0.1) is 0 Å². The molecule has 0 bridgehead atoms. The molecule has 2 amide bonds. The normalized spacial score (nSPS) is 26.5. The lowest BCUT2D eigenvalue weighted by molar-refractivity contribution is -0.121. The van der Waals surface area contributed by atoms with Crippen LogP contribution in [0.25, 0.3) is 0 Å². The van der Waals surface area contributed by atoms with Crippen LogP contribution in [-0.4, -0.2) is 55.6 Å². The van der Waals surface area contributed by atoms with E-state index >= 15 is 0 Å². The number of carbonyl (C=O) groups excluding carboxylic acids is 2. The number of halogens is 2. The quantitative estimate of drug-likeness (QED) is 0.642. The molecule has 0 aromatic carbocycles. The van der Waals surface area contributed by atoms with E-state index in [2.05, 4.69) is 10.6 Å². The minimum absolute atomic E-state index is 0.205. The number of hydrogen-bond acceptors (Lipinski definition) is 4. The molecule has 0 unspecified atom stereocenters. The van der Waals surface area contributed by atoms with Gasteiger partial charge in [-0.2, -0.15) is 0 Å². The number of sulfone groups is 1. The molecule has 1 aliphatic heterocycles.